The lowest BCUT2D eigenvalue weighted by Gasteiger charge is -2.27. The second-order valence-electron chi connectivity index (χ2n) is 5.53. The van der Waals surface area contributed by atoms with Crippen molar-refractivity contribution in [3.8, 4) is 0 Å². The quantitative estimate of drug-likeness (QED) is 0.783. The molecule has 1 unspecified atom stereocenters. The lowest BCUT2D eigenvalue weighted by atomic mass is 10.00. The first kappa shape index (κ1) is 17.4. The van der Waals surface area contributed by atoms with Crippen molar-refractivity contribution in [1.29, 1.82) is 0 Å². The Hall–Kier alpha value is 0.0500. The van der Waals surface area contributed by atoms with Gasteiger partial charge in [0.2, 0.25) is 10.0 Å². The van der Waals surface area contributed by atoms with E-state index in [-0.39, 0.29) is 0 Å². The van der Waals surface area contributed by atoms with Gasteiger partial charge in [0, 0.05) is 22.5 Å². The number of rotatable bonds is 4. The number of hydrogen-bond acceptors (Lipinski definition) is 3. The largest absolute Gasteiger partial charge is 0.316 e. The topological polar surface area (TPSA) is 49.4 Å². The van der Waals surface area contributed by atoms with Crippen LogP contribution in [-0.2, 0) is 10.0 Å². The molecule has 118 valence electrons. The minimum absolute atomic E-state index is 0.311. The van der Waals surface area contributed by atoms with Gasteiger partial charge in [-0.1, -0.05) is 15.9 Å². The lowest BCUT2D eigenvalue weighted by molar-refractivity contribution is 0.314. The van der Waals surface area contributed by atoms with E-state index in [1.54, 1.807) is 13.1 Å². The molecule has 1 saturated heterocycles. The highest BCUT2D eigenvalue weighted by atomic mass is 79.9. The SMILES string of the molecule is Cc1cc(Br)c(S(=O)(=O)N(C)CC2CCCNC2)cc1Br. The number of nitrogens with one attached hydrogen (secondary N) is 1. The van der Waals surface area contributed by atoms with E-state index in [0.29, 0.717) is 21.8 Å². The molecule has 1 heterocycles. The van der Waals surface area contributed by atoms with E-state index in [0.717, 1.165) is 36.0 Å². The van der Waals surface area contributed by atoms with E-state index in [1.165, 1.54) is 4.31 Å². The molecule has 1 aliphatic heterocycles. The summed E-state index contributed by atoms with van der Waals surface area (Å²) in [6, 6.07) is 3.50. The van der Waals surface area contributed by atoms with Crippen molar-refractivity contribution in [2.75, 3.05) is 26.7 Å². The molecule has 0 aliphatic carbocycles. The molecule has 0 bridgehead atoms. The van der Waals surface area contributed by atoms with Gasteiger partial charge in [-0.25, -0.2) is 12.7 Å². The Morgan fingerprint density at radius 1 is 1.33 bits per heavy atom. The van der Waals surface area contributed by atoms with Gasteiger partial charge < -0.3 is 5.32 Å². The van der Waals surface area contributed by atoms with E-state index < -0.39 is 10.0 Å². The number of benzene rings is 1. The summed E-state index contributed by atoms with van der Waals surface area (Å²) in [6.45, 7) is 4.40. The van der Waals surface area contributed by atoms with Crippen LogP contribution in [0, 0.1) is 12.8 Å². The van der Waals surface area contributed by atoms with Crippen molar-refractivity contribution in [1.82, 2.24) is 9.62 Å². The summed E-state index contributed by atoms with van der Waals surface area (Å²) in [4.78, 5) is 0.311. The number of piperidine rings is 1. The molecule has 0 aromatic heterocycles. The molecule has 4 nitrogen and oxygen atoms in total. The zero-order valence-electron chi connectivity index (χ0n) is 12.2. The van der Waals surface area contributed by atoms with Gasteiger partial charge in [-0.05, 0) is 72.4 Å². The summed E-state index contributed by atoms with van der Waals surface area (Å²) in [5.74, 6) is 0.381. The van der Waals surface area contributed by atoms with Crippen molar-refractivity contribution >= 4 is 41.9 Å². The Morgan fingerprint density at radius 3 is 2.67 bits per heavy atom. The maximum Gasteiger partial charge on any atom is 0.243 e. The first-order chi connectivity index (χ1) is 9.82. The molecular weight excluding hydrogens is 420 g/mol. The molecule has 0 spiro atoms. The highest BCUT2D eigenvalue weighted by molar-refractivity contribution is 9.11. The summed E-state index contributed by atoms with van der Waals surface area (Å²) in [5, 5.41) is 3.32. The van der Waals surface area contributed by atoms with Gasteiger partial charge in [0.05, 0.1) is 4.90 Å². The highest BCUT2D eigenvalue weighted by Gasteiger charge is 2.27. The van der Waals surface area contributed by atoms with Crippen molar-refractivity contribution in [2.45, 2.75) is 24.7 Å². The highest BCUT2D eigenvalue weighted by Crippen LogP contribution is 2.30. The normalized spacial score (nSPS) is 20.0. The fourth-order valence-corrected chi connectivity index (χ4v) is 5.42. The van der Waals surface area contributed by atoms with E-state index in [4.69, 9.17) is 0 Å². The molecule has 1 fully saturated rings. The zero-order valence-corrected chi connectivity index (χ0v) is 16.2. The first-order valence-corrected chi connectivity index (χ1v) is 9.97. The van der Waals surface area contributed by atoms with Crippen LogP contribution in [0.15, 0.2) is 26.0 Å². The van der Waals surface area contributed by atoms with Crippen LogP contribution in [0.4, 0.5) is 0 Å². The molecule has 7 heteroatoms. The maximum atomic E-state index is 12.7. The van der Waals surface area contributed by atoms with Gasteiger partial charge in [0.15, 0.2) is 0 Å². The number of nitrogens with zero attached hydrogens (tertiary/aromatic N) is 1. The van der Waals surface area contributed by atoms with Crippen LogP contribution in [0.3, 0.4) is 0 Å². The standard InChI is InChI=1S/C14H20Br2N2O2S/c1-10-6-13(16)14(7-12(10)15)21(19,20)18(2)9-11-4-3-5-17-8-11/h6-7,11,17H,3-5,8-9H2,1-2H3. The molecule has 0 saturated carbocycles. The Morgan fingerprint density at radius 2 is 2.05 bits per heavy atom. The summed E-state index contributed by atoms with van der Waals surface area (Å²) in [7, 11) is -1.82. The van der Waals surface area contributed by atoms with Crippen LogP contribution in [0.5, 0.6) is 0 Å². The molecule has 1 N–H and O–H groups in total. The predicted molar refractivity (Wildman–Crippen MR) is 92.0 cm³/mol. The van der Waals surface area contributed by atoms with Crippen molar-refractivity contribution in [3.05, 3.63) is 26.6 Å². The summed E-state index contributed by atoms with van der Waals surface area (Å²) in [6.07, 6.45) is 2.18. The third-order valence-electron chi connectivity index (χ3n) is 3.82. The van der Waals surface area contributed by atoms with Crippen LogP contribution in [0.25, 0.3) is 0 Å². The van der Waals surface area contributed by atoms with Crippen molar-refractivity contribution < 1.29 is 8.42 Å². The number of sulfonamides is 1. The summed E-state index contributed by atoms with van der Waals surface area (Å²) in [5.41, 5.74) is 1.000. The smallest absolute Gasteiger partial charge is 0.243 e. The number of aryl methyl sites for hydroxylation is 1. The number of hydrogen-bond donors (Lipinski definition) is 1. The lowest BCUT2D eigenvalue weighted by Crippen LogP contribution is -2.39. The molecule has 1 atom stereocenters. The van der Waals surface area contributed by atoms with E-state index >= 15 is 0 Å². The van der Waals surface area contributed by atoms with Crippen molar-refractivity contribution in [2.24, 2.45) is 5.92 Å². The molecular formula is C14H20Br2N2O2S. The summed E-state index contributed by atoms with van der Waals surface area (Å²) < 4.78 is 28.4. The van der Waals surface area contributed by atoms with Crippen molar-refractivity contribution in [3.63, 3.8) is 0 Å². The fraction of sp³-hybridized carbons (Fsp3) is 0.571. The van der Waals surface area contributed by atoms with Crippen LogP contribution >= 0.6 is 31.9 Å². The van der Waals surface area contributed by atoms with E-state index in [1.807, 2.05) is 13.0 Å². The minimum Gasteiger partial charge on any atom is -0.316 e. The monoisotopic (exact) mass is 438 g/mol. The molecule has 1 aromatic rings. The van der Waals surface area contributed by atoms with Gasteiger partial charge in [0.25, 0.3) is 0 Å². The average Bonchev–Trinajstić information content (AvgIpc) is 2.43. The van der Waals surface area contributed by atoms with Gasteiger partial charge in [0.1, 0.15) is 0 Å². The molecule has 0 amide bonds. The Labute approximate surface area is 143 Å². The molecule has 1 aromatic carbocycles. The average molecular weight is 440 g/mol. The third-order valence-corrected chi connectivity index (χ3v) is 7.45. The Kier molecular flexibility index (Phi) is 5.87. The van der Waals surface area contributed by atoms with E-state index in [9.17, 15) is 8.42 Å². The minimum atomic E-state index is -3.48. The Balaban J connectivity index is 2.22. The zero-order chi connectivity index (χ0) is 15.6. The molecule has 2 rings (SSSR count). The fourth-order valence-electron chi connectivity index (χ4n) is 2.54. The van der Waals surface area contributed by atoms with Gasteiger partial charge in [-0.2, -0.15) is 0 Å². The van der Waals surface area contributed by atoms with Crippen LogP contribution in [-0.4, -0.2) is 39.4 Å². The maximum absolute atomic E-state index is 12.7. The number of halogens is 2. The van der Waals surface area contributed by atoms with Gasteiger partial charge >= 0.3 is 0 Å². The molecule has 1 aliphatic rings. The van der Waals surface area contributed by atoms with Crippen LogP contribution in [0.2, 0.25) is 0 Å². The van der Waals surface area contributed by atoms with Crippen LogP contribution < -0.4 is 5.32 Å². The van der Waals surface area contributed by atoms with Crippen LogP contribution in [0.1, 0.15) is 18.4 Å². The predicted octanol–water partition coefficient (Wildman–Crippen LogP) is 3.14. The van der Waals surface area contributed by atoms with Gasteiger partial charge in [-0.3, -0.25) is 0 Å². The molecule has 21 heavy (non-hydrogen) atoms. The Bertz CT molecular complexity index is 614. The second kappa shape index (κ2) is 7.08. The molecule has 0 radical (unpaired) electrons. The summed E-state index contributed by atoms with van der Waals surface area (Å²) >= 11 is 6.78. The second-order valence-corrected chi connectivity index (χ2v) is 9.25. The van der Waals surface area contributed by atoms with Gasteiger partial charge in [-0.15, -0.1) is 0 Å². The first-order valence-electron chi connectivity index (χ1n) is 6.95. The van der Waals surface area contributed by atoms with E-state index in [2.05, 4.69) is 37.2 Å². The third kappa shape index (κ3) is 4.07.